The van der Waals surface area contributed by atoms with E-state index in [4.69, 9.17) is 10.2 Å². The van der Waals surface area contributed by atoms with Crippen LogP contribution in [0.25, 0.3) is 27.9 Å². The number of benzene rings is 2. The molecule has 0 saturated carbocycles. The largest absolute Gasteiger partial charge is 0.481 e. The van der Waals surface area contributed by atoms with Crippen LogP contribution in [0.3, 0.4) is 0 Å². The lowest BCUT2D eigenvalue weighted by atomic mass is 9.82. The number of aryl methyl sites for hydroxylation is 2. The van der Waals surface area contributed by atoms with Crippen molar-refractivity contribution in [1.29, 1.82) is 0 Å². The first kappa shape index (κ1) is 32.9. The molecule has 0 bridgehead atoms. The van der Waals surface area contributed by atoms with Crippen molar-refractivity contribution in [3.8, 4) is 22.4 Å². The lowest BCUT2D eigenvalue weighted by Gasteiger charge is -2.39. The van der Waals surface area contributed by atoms with Crippen LogP contribution in [-0.4, -0.2) is 44.5 Å². The molecule has 0 amide bonds. The van der Waals surface area contributed by atoms with Gasteiger partial charge in [0, 0.05) is 24.8 Å². The predicted octanol–water partition coefficient (Wildman–Crippen LogP) is 8.34. The van der Waals surface area contributed by atoms with E-state index in [0.29, 0.717) is 5.41 Å². The second kappa shape index (κ2) is 13.6. The molecule has 6 nitrogen and oxygen atoms in total. The number of carbonyl (C=O) groups is 1. The Bertz CT molecular complexity index is 1500. The molecular weight excluding hydrogens is 522 g/mol. The number of aliphatic carboxylic acids is 1. The van der Waals surface area contributed by atoms with Crippen molar-refractivity contribution in [3.63, 3.8) is 0 Å². The third kappa shape index (κ3) is 8.45. The monoisotopic (exact) mass is 571 g/mol. The van der Waals surface area contributed by atoms with Crippen LogP contribution in [0.5, 0.6) is 0 Å². The van der Waals surface area contributed by atoms with Gasteiger partial charge in [0.25, 0.3) is 0 Å². The molecule has 0 radical (unpaired) electrons. The molecule has 0 spiro atoms. The summed E-state index contributed by atoms with van der Waals surface area (Å²) in [6.45, 7) is 19.8. The lowest BCUT2D eigenvalue weighted by Crippen LogP contribution is -2.38. The fourth-order valence-corrected chi connectivity index (χ4v) is 5.22. The van der Waals surface area contributed by atoms with Crippen molar-refractivity contribution < 1.29 is 15.0 Å². The Balaban J connectivity index is 0.000000627. The van der Waals surface area contributed by atoms with E-state index in [2.05, 4.69) is 80.3 Å². The van der Waals surface area contributed by atoms with Gasteiger partial charge in [-0.1, -0.05) is 70.2 Å². The number of fused-ring (bicyclic) bond motifs is 1. The number of pyridine rings is 1. The highest BCUT2D eigenvalue weighted by atomic mass is 16.4. The third-order valence-electron chi connectivity index (χ3n) is 7.43. The van der Waals surface area contributed by atoms with E-state index < -0.39 is 11.6 Å². The average molecular weight is 572 g/mol. The van der Waals surface area contributed by atoms with Crippen LogP contribution < -0.4 is 4.90 Å². The smallest absolute Gasteiger partial charge is 0.307 e. The zero-order valence-corrected chi connectivity index (χ0v) is 27.0. The summed E-state index contributed by atoms with van der Waals surface area (Å²) in [5.74, 6) is -0.804. The number of anilines is 1. The molecule has 0 atom stereocenters. The molecule has 6 heteroatoms. The topological polar surface area (TPSA) is 78.1 Å². The molecule has 1 fully saturated rings. The van der Waals surface area contributed by atoms with E-state index in [-0.39, 0.29) is 6.42 Å². The number of aromatic nitrogens is 2. The van der Waals surface area contributed by atoms with Gasteiger partial charge in [0.15, 0.2) is 0 Å². The Labute approximate surface area is 252 Å². The fourth-order valence-electron chi connectivity index (χ4n) is 5.22. The molecule has 5 rings (SSSR count). The van der Waals surface area contributed by atoms with Gasteiger partial charge in [-0.25, -0.2) is 4.52 Å². The van der Waals surface area contributed by atoms with Crippen LogP contribution in [0.2, 0.25) is 0 Å². The summed E-state index contributed by atoms with van der Waals surface area (Å²) in [7, 11) is 0. The van der Waals surface area contributed by atoms with E-state index in [1.54, 1.807) is 20.8 Å². The van der Waals surface area contributed by atoms with Gasteiger partial charge in [0.1, 0.15) is 0 Å². The zero-order chi connectivity index (χ0) is 31.2. The minimum atomic E-state index is -0.804. The quantitative estimate of drug-likeness (QED) is 0.252. The van der Waals surface area contributed by atoms with Crippen molar-refractivity contribution in [3.05, 3.63) is 77.5 Å². The molecule has 2 aromatic carbocycles. The van der Waals surface area contributed by atoms with Gasteiger partial charge >= 0.3 is 5.97 Å². The number of carboxylic acids is 1. The SMILES string of the molecule is CC.CC(C)(C)O.Cc1ccccc1-c1cccc(-c2cc3c(N4CCC(C)(C)CC4)c(CC(=O)O)c(C)cn3n2)c1. The van der Waals surface area contributed by atoms with Gasteiger partial charge in [-0.2, -0.15) is 5.10 Å². The van der Waals surface area contributed by atoms with E-state index in [9.17, 15) is 9.90 Å². The maximum Gasteiger partial charge on any atom is 0.307 e. The fraction of sp³-hybridized carbons (Fsp3) is 0.444. The summed E-state index contributed by atoms with van der Waals surface area (Å²) in [5.41, 5.74) is 9.23. The number of hydrogen-bond acceptors (Lipinski definition) is 4. The van der Waals surface area contributed by atoms with Gasteiger partial charge in [-0.3, -0.25) is 4.79 Å². The Kier molecular flexibility index (Phi) is 10.6. The summed E-state index contributed by atoms with van der Waals surface area (Å²) in [4.78, 5) is 14.2. The van der Waals surface area contributed by atoms with Gasteiger partial charge in [-0.05, 0) is 92.8 Å². The van der Waals surface area contributed by atoms with Crippen LogP contribution >= 0.6 is 0 Å². The van der Waals surface area contributed by atoms with E-state index >= 15 is 0 Å². The Morgan fingerprint density at radius 2 is 1.52 bits per heavy atom. The van der Waals surface area contributed by atoms with Crippen molar-refractivity contribution >= 4 is 17.2 Å². The highest BCUT2D eigenvalue weighted by molar-refractivity contribution is 5.85. The first-order valence-electron chi connectivity index (χ1n) is 15.1. The molecule has 3 heterocycles. The first-order valence-corrected chi connectivity index (χ1v) is 15.1. The van der Waals surface area contributed by atoms with Crippen molar-refractivity contribution in [2.45, 2.75) is 87.2 Å². The summed E-state index contributed by atoms with van der Waals surface area (Å²) in [6, 6.07) is 19.0. The number of hydrogen-bond donors (Lipinski definition) is 2. The second-order valence-electron chi connectivity index (χ2n) is 12.8. The Hall–Kier alpha value is -3.64. The predicted molar refractivity (Wildman–Crippen MR) is 175 cm³/mol. The Morgan fingerprint density at radius 1 is 0.929 bits per heavy atom. The number of carboxylic acid groups (broad SMARTS) is 1. The van der Waals surface area contributed by atoms with Crippen molar-refractivity contribution in [1.82, 2.24) is 9.61 Å². The second-order valence-corrected chi connectivity index (χ2v) is 12.8. The summed E-state index contributed by atoms with van der Waals surface area (Å²) in [6.07, 6.45) is 4.15. The van der Waals surface area contributed by atoms with Crippen LogP contribution in [-0.2, 0) is 11.2 Å². The van der Waals surface area contributed by atoms with Crippen LogP contribution in [0.1, 0.15) is 78.0 Å². The molecule has 1 saturated heterocycles. The summed E-state index contributed by atoms with van der Waals surface area (Å²) in [5, 5.41) is 23.1. The minimum absolute atomic E-state index is 0.0147. The molecule has 4 aromatic rings. The summed E-state index contributed by atoms with van der Waals surface area (Å²) >= 11 is 0. The molecule has 2 N–H and O–H groups in total. The van der Waals surface area contributed by atoms with Crippen molar-refractivity contribution in [2.24, 2.45) is 5.41 Å². The molecule has 2 aromatic heterocycles. The zero-order valence-electron chi connectivity index (χ0n) is 27.0. The average Bonchev–Trinajstić information content (AvgIpc) is 3.33. The molecule has 0 aliphatic carbocycles. The van der Waals surface area contributed by atoms with Crippen LogP contribution in [0, 0.1) is 19.3 Å². The van der Waals surface area contributed by atoms with Gasteiger partial charge in [0.05, 0.1) is 28.9 Å². The summed E-state index contributed by atoms with van der Waals surface area (Å²) < 4.78 is 1.94. The van der Waals surface area contributed by atoms with E-state index in [1.165, 1.54) is 16.7 Å². The van der Waals surface area contributed by atoms with Gasteiger partial charge in [-0.15, -0.1) is 0 Å². The molecule has 226 valence electrons. The lowest BCUT2D eigenvalue weighted by molar-refractivity contribution is -0.136. The van der Waals surface area contributed by atoms with E-state index in [0.717, 1.165) is 59.5 Å². The Morgan fingerprint density at radius 3 is 2.12 bits per heavy atom. The molecule has 1 aliphatic heterocycles. The number of rotatable bonds is 5. The van der Waals surface area contributed by atoms with Crippen molar-refractivity contribution in [2.75, 3.05) is 18.0 Å². The molecular formula is C36H49N3O3. The number of nitrogens with zero attached hydrogens (tertiary/aromatic N) is 3. The molecule has 1 aliphatic rings. The first-order chi connectivity index (χ1) is 19.7. The highest BCUT2D eigenvalue weighted by Gasteiger charge is 2.29. The van der Waals surface area contributed by atoms with Gasteiger partial charge in [0.2, 0.25) is 0 Å². The normalized spacial score (nSPS) is 14.5. The van der Waals surface area contributed by atoms with Gasteiger partial charge < -0.3 is 15.1 Å². The third-order valence-corrected chi connectivity index (χ3v) is 7.43. The molecule has 0 unspecified atom stereocenters. The maximum absolute atomic E-state index is 11.8. The molecule has 42 heavy (non-hydrogen) atoms. The number of aliphatic hydroxyl groups is 1. The standard InChI is InChI=1S/C30H33N3O2.C4H10O.C2H6/c1-20-8-5-6-11-24(20)22-9-7-10-23(16-22)26-18-27-29(32-14-12-30(3,4)13-15-32)25(17-28(34)35)21(2)19-33(27)31-26;1-4(2,3)5;1-2/h5-11,16,18-19H,12-15,17H2,1-4H3,(H,34,35);5H,1-3H3;1-2H3. The maximum atomic E-state index is 11.8. The number of piperidine rings is 1. The van der Waals surface area contributed by atoms with Crippen LogP contribution in [0.15, 0.2) is 60.8 Å². The van der Waals surface area contributed by atoms with Crippen LogP contribution in [0.4, 0.5) is 5.69 Å². The highest BCUT2D eigenvalue weighted by Crippen LogP contribution is 2.38. The van der Waals surface area contributed by atoms with E-state index in [1.807, 2.05) is 31.5 Å². The minimum Gasteiger partial charge on any atom is -0.481 e.